The first kappa shape index (κ1) is 23.9. The van der Waals surface area contributed by atoms with Gasteiger partial charge in [0.15, 0.2) is 0 Å². The van der Waals surface area contributed by atoms with E-state index in [9.17, 15) is 9.59 Å². The maximum atomic E-state index is 13.1. The first-order chi connectivity index (χ1) is 16.9. The SMILES string of the molecule is COC(=O)c1cn(-c2cc(OC)cc(OC(C)C)c2)c2cc(OCc3ccccc3)ccc2c1=O. The van der Waals surface area contributed by atoms with Crippen LogP contribution in [-0.2, 0) is 11.3 Å². The van der Waals surface area contributed by atoms with E-state index >= 15 is 0 Å². The van der Waals surface area contributed by atoms with Crippen LogP contribution in [0.5, 0.6) is 17.2 Å². The molecular weight excluding hydrogens is 446 g/mol. The Morgan fingerprint density at radius 2 is 1.66 bits per heavy atom. The molecule has 1 heterocycles. The van der Waals surface area contributed by atoms with Crippen molar-refractivity contribution >= 4 is 16.9 Å². The normalized spacial score (nSPS) is 10.9. The van der Waals surface area contributed by atoms with E-state index in [2.05, 4.69) is 0 Å². The summed E-state index contributed by atoms with van der Waals surface area (Å²) in [6.45, 7) is 4.24. The second kappa shape index (κ2) is 10.3. The fourth-order valence-electron chi connectivity index (χ4n) is 3.76. The van der Waals surface area contributed by atoms with Crippen molar-refractivity contribution in [2.45, 2.75) is 26.6 Å². The highest BCUT2D eigenvalue weighted by molar-refractivity contribution is 5.94. The zero-order valence-corrected chi connectivity index (χ0v) is 20.1. The number of carbonyl (C=O) groups excluding carboxylic acids is 1. The highest BCUT2D eigenvalue weighted by atomic mass is 16.5. The van der Waals surface area contributed by atoms with E-state index in [1.807, 2.05) is 50.2 Å². The Morgan fingerprint density at radius 1 is 0.914 bits per heavy atom. The van der Waals surface area contributed by atoms with E-state index in [1.165, 1.54) is 13.3 Å². The molecule has 0 amide bonds. The van der Waals surface area contributed by atoms with Gasteiger partial charge >= 0.3 is 5.97 Å². The van der Waals surface area contributed by atoms with Crippen molar-refractivity contribution in [3.05, 3.63) is 94.3 Å². The van der Waals surface area contributed by atoms with Crippen LogP contribution in [0.4, 0.5) is 0 Å². The number of pyridine rings is 1. The topological polar surface area (TPSA) is 76.0 Å². The molecule has 0 fully saturated rings. The van der Waals surface area contributed by atoms with E-state index in [0.717, 1.165) is 5.56 Å². The van der Waals surface area contributed by atoms with Crippen molar-refractivity contribution in [2.75, 3.05) is 14.2 Å². The third-order valence-corrected chi connectivity index (χ3v) is 5.38. The van der Waals surface area contributed by atoms with Crippen LogP contribution in [0, 0.1) is 0 Å². The first-order valence-corrected chi connectivity index (χ1v) is 11.2. The lowest BCUT2D eigenvalue weighted by molar-refractivity contribution is 0.0599. The zero-order valence-electron chi connectivity index (χ0n) is 20.1. The van der Waals surface area contributed by atoms with Crippen molar-refractivity contribution in [3.8, 4) is 22.9 Å². The lowest BCUT2D eigenvalue weighted by Crippen LogP contribution is -2.19. The maximum absolute atomic E-state index is 13.1. The third kappa shape index (κ3) is 5.30. The molecule has 0 atom stereocenters. The molecule has 35 heavy (non-hydrogen) atoms. The number of carbonyl (C=O) groups is 1. The van der Waals surface area contributed by atoms with Gasteiger partial charge in [0.25, 0.3) is 0 Å². The van der Waals surface area contributed by atoms with Gasteiger partial charge in [0.05, 0.1) is 31.5 Å². The number of nitrogens with zero attached hydrogens (tertiary/aromatic N) is 1. The highest BCUT2D eigenvalue weighted by Gasteiger charge is 2.18. The fraction of sp³-hybridized carbons (Fsp3) is 0.214. The average molecular weight is 474 g/mol. The minimum absolute atomic E-state index is 0.0515. The van der Waals surface area contributed by atoms with Gasteiger partial charge in [-0.1, -0.05) is 30.3 Å². The molecule has 3 aromatic carbocycles. The summed E-state index contributed by atoms with van der Waals surface area (Å²) in [5.41, 5.74) is 1.74. The lowest BCUT2D eigenvalue weighted by Gasteiger charge is -2.17. The number of rotatable bonds is 8. The Labute approximate surface area is 203 Å². The van der Waals surface area contributed by atoms with Crippen LogP contribution in [0.3, 0.4) is 0 Å². The number of esters is 1. The van der Waals surface area contributed by atoms with Crippen molar-refractivity contribution in [1.29, 1.82) is 0 Å². The summed E-state index contributed by atoms with van der Waals surface area (Å²) < 4.78 is 24.0. The largest absolute Gasteiger partial charge is 0.497 e. The average Bonchev–Trinajstić information content (AvgIpc) is 2.87. The molecule has 0 saturated carbocycles. The van der Waals surface area contributed by atoms with Gasteiger partial charge in [-0.2, -0.15) is 0 Å². The molecule has 0 aliphatic carbocycles. The molecule has 7 nitrogen and oxygen atoms in total. The molecule has 0 spiro atoms. The highest BCUT2D eigenvalue weighted by Crippen LogP contribution is 2.29. The van der Waals surface area contributed by atoms with E-state index in [0.29, 0.717) is 40.4 Å². The van der Waals surface area contributed by atoms with Crippen LogP contribution < -0.4 is 19.6 Å². The van der Waals surface area contributed by atoms with Gasteiger partial charge in [0.1, 0.15) is 29.4 Å². The molecule has 180 valence electrons. The molecule has 0 N–H and O–H groups in total. The molecular formula is C28H27NO6. The summed E-state index contributed by atoms with van der Waals surface area (Å²) in [6, 6.07) is 20.4. The van der Waals surface area contributed by atoms with Gasteiger partial charge in [-0.25, -0.2) is 4.79 Å². The Morgan fingerprint density at radius 3 is 2.34 bits per heavy atom. The van der Waals surface area contributed by atoms with Gasteiger partial charge in [0, 0.05) is 35.8 Å². The van der Waals surface area contributed by atoms with E-state index in [4.69, 9.17) is 18.9 Å². The molecule has 0 aliphatic heterocycles. The number of ether oxygens (including phenoxy) is 4. The number of benzene rings is 3. The molecule has 0 radical (unpaired) electrons. The maximum Gasteiger partial charge on any atom is 0.343 e. The molecule has 4 rings (SSSR count). The van der Waals surface area contributed by atoms with Gasteiger partial charge in [-0.15, -0.1) is 0 Å². The third-order valence-electron chi connectivity index (χ3n) is 5.38. The number of fused-ring (bicyclic) bond motifs is 1. The van der Waals surface area contributed by atoms with Gasteiger partial charge in [-0.3, -0.25) is 4.79 Å². The van der Waals surface area contributed by atoms with Crippen molar-refractivity contribution < 1.29 is 23.7 Å². The van der Waals surface area contributed by atoms with Crippen LogP contribution in [0.2, 0.25) is 0 Å². The summed E-state index contributed by atoms with van der Waals surface area (Å²) in [4.78, 5) is 25.5. The number of methoxy groups -OCH3 is 2. The van der Waals surface area contributed by atoms with Crippen molar-refractivity contribution in [2.24, 2.45) is 0 Å². The number of aromatic nitrogens is 1. The smallest absolute Gasteiger partial charge is 0.343 e. The summed E-state index contributed by atoms with van der Waals surface area (Å²) in [6.07, 6.45) is 1.43. The summed E-state index contributed by atoms with van der Waals surface area (Å²) in [7, 11) is 2.81. The van der Waals surface area contributed by atoms with E-state index in [1.54, 1.807) is 42.0 Å². The molecule has 0 aliphatic rings. The summed E-state index contributed by atoms with van der Waals surface area (Å²) in [5, 5.41) is 0.356. The number of hydrogen-bond donors (Lipinski definition) is 0. The molecule has 7 heteroatoms. The van der Waals surface area contributed by atoms with Gasteiger partial charge in [0.2, 0.25) is 5.43 Å². The van der Waals surface area contributed by atoms with Gasteiger partial charge in [-0.05, 0) is 31.5 Å². The molecule has 4 aromatic rings. The lowest BCUT2D eigenvalue weighted by atomic mass is 10.1. The molecule has 0 saturated heterocycles. The van der Waals surface area contributed by atoms with Crippen molar-refractivity contribution in [1.82, 2.24) is 4.57 Å². The van der Waals surface area contributed by atoms with Crippen LogP contribution in [0.1, 0.15) is 29.8 Å². The molecule has 0 unspecified atom stereocenters. The van der Waals surface area contributed by atoms with Gasteiger partial charge < -0.3 is 23.5 Å². The Hall–Kier alpha value is -4.26. The molecule has 1 aromatic heterocycles. The second-order valence-electron chi connectivity index (χ2n) is 8.22. The predicted octanol–water partition coefficient (Wildman–Crippen LogP) is 5.15. The Bertz CT molecular complexity index is 1410. The molecule has 0 bridgehead atoms. The zero-order chi connectivity index (χ0) is 24.9. The summed E-state index contributed by atoms with van der Waals surface area (Å²) >= 11 is 0. The minimum atomic E-state index is -0.711. The van der Waals surface area contributed by atoms with Crippen LogP contribution in [0.15, 0.2) is 77.7 Å². The van der Waals surface area contributed by atoms with E-state index in [-0.39, 0.29) is 11.7 Å². The quantitative estimate of drug-likeness (QED) is 0.330. The van der Waals surface area contributed by atoms with Crippen LogP contribution >= 0.6 is 0 Å². The Kier molecular flexibility index (Phi) is 7.06. The Balaban J connectivity index is 1.89. The standard InChI is InChI=1S/C28H27NO6/c1-18(2)35-23-13-20(12-22(14-23)32-3)29-16-25(28(31)33-4)27(30)24-11-10-21(15-26(24)29)34-17-19-8-6-5-7-9-19/h5-16,18H,17H2,1-4H3. The van der Waals surface area contributed by atoms with Crippen LogP contribution in [0.25, 0.3) is 16.6 Å². The summed E-state index contributed by atoms with van der Waals surface area (Å²) in [5.74, 6) is 1.04. The number of hydrogen-bond acceptors (Lipinski definition) is 6. The fourth-order valence-corrected chi connectivity index (χ4v) is 3.76. The minimum Gasteiger partial charge on any atom is -0.497 e. The van der Waals surface area contributed by atoms with E-state index < -0.39 is 11.4 Å². The second-order valence-corrected chi connectivity index (χ2v) is 8.22. The first-order valence-electron chi connectivity index (χ1n) is 11.2. The monoisotopic (exact) mass is 473 g/mol. The van der Waals surface area contributed by atoms with Crippen molar-refractivity contribution in [3.63, 3.8) is 0 Å². The predicted molar refractivity (Wildman–Crippen MR) is 134 cm³/mol. The van der Waals surface area contributed by atoms with Crippen LogP contribution in [-0.4, -0.2) is 30.9 Å².